The number of rotatable bonds is 13. The van der Waals surface area contributed by atoms with Gasteiger partial charge in [-0.3, -0.25) is 4.79 Å². The molecule has 204 valence electrons. The Morgan fingerprint density at radius 1 is 1.07 bits per heavy atom. The minimum absolute atomic E-state index is 0.127. The van der Waals surface area contributed by atoms with E-state index in [4.69, 9.17) is 21.3 Å². The molecule has 1 saturated carbocycles. The molecule has 4 aromatic rings. The summed E-state index contributed by atoms with van der Waals surface area (Å²) in [5.74, 6) is 0.983. The molecule has 1 fully saturated rings. The maximum absolute atomic E-state index is 10.8. The van der Waals surface area contributed by atoms with E-state index in [0.29, 0.717) is 23.4 Å². The summed E-state index contributed by atoms with van der Waals surface area (Å²) in [4.78, 5) is 15.6. The lowest BCUT2D eigenvalue weighted by Gasteiger charge is -2.22. The molecule has 1 aliphatic rings. The minimum Gasteiger partial charge on any atom is -0.467 e. The van der Waals surface area contributed by atoms with Gasteiger partial charge in [0.1, 0.15) is 0 Å². The SMILES string of the molecule is C=C(C)c1ccccc1CC[C@@H](SCC1(COC=O)CC1)c1cccc(C=Cc2ccc3ccc(Cl)cc3n2)c1. The first-order valence-electron chi connectivity index (χ1n) is 13.7. The van der Waals surface area contributed by atoms with Gasteiger partial charge in [-0.25, -0.2) is 4.98 Å². The molecule has 40 heavy (non-hydrogen) atoms. The molecule has 1 aromatic heterocycles. The smallest absolute Gasteiger partial charge is 0.293 e. The number of nitrogens with zero attached hydrogens (tertiary/aromatic N) is 1. The zero-order chi connectivity index (χ0) is 28.0. The van der Waals surface area contributed by atoms with Crippen LogP contribution in [0.25, 0.3) is 28.6 Å². The van der Waals surface area contributed by atoms with Crippen molar-refractivity contribution >= 4 is 58.5 Å². The first-order chi connectivity index (χ1) is 19.4. The predicted octanol–water partition coefficient (Wildman–Crippen LogP) is 9.45. The van der Waals surface area contributed by atoms with Crippen LogP contribution in [-0.4, -0.2) is 23.8 Å². The highest BCUT2D eigenvalue weighted by Gasteiger charge is 2.43. The molecule has 1 aliphatic carbocycles. The van der Waals surface area contributed by atoms with E-state index in [9.17, 15) is 4.79 Å². The third-order valence-corrected chi connectivity index (χ3v) is 9.49. The number of aromatic nitrogens is 1. The highest BCUT2D eigenvalue weighted by molar-refractivity contribution is 7.99. The second-order valence-electron chi connectivity index (χ2n) is 10.8. The quantitative estimate of drug-likeness (QED) is 0.151. The summed E-state index contributed by atoms with van der Waals surface area (Å²) in [7, 11) is 0. The summed E-state index contributed by atoms with van der Waals surface area (Å²) in [6.45, 7) is 7.35. The van der Waals surface area contributed by atoms with Crippen molar-refractivity contribution in [2.24, 2.45) is 5.41 Å². The number of pyridine rings is 1. The van der Waals surface area contributed by atoms with E-state index in [-0.39, 0.29) is 5.41 Å². The average Bonchev–Trinajstić information content (AvgIpc) is 3.75. The molecule has 3 nitrogen and oxygen atoms in total. The van der Waals surface area contributed by atoms with Crippen LogP contribution in [0.2, 0.25) is 5.02 Å². The number of allylic oxidation sites excluding steroid dienone is 1. The summed E-state index contributed by atoms with van der Waals surface area (Å²) >= 11 is 8.16. The fraction of sp³-hybridized carbons (Fsp3) is 0.257. The molecule has 5 heteroatoms. The van der Waals surface area contributed by atoms with Gasteiger partial charge in [0.15, 0.2) is 0 Å². The number of ether oxygens (including phenoxy) is 1. The number of halogens is 1. The highest BCUT2D eigenvalue weighted by Crippen LogP contribution is 2.51. The van der Waals surface area contributed by atoms with Crippen molar-refractivity contribution in [2.45, 2.75) is 37.9 Å². The zero-order valence-electron chi connectivity index (χ0n) is 22.8. The van der Waals surface area contributed by atoms with Crippen molar-refractivity contribution in [3.05, 3.63) is 118 Å². The molecule has 5 rings (SSSR count). The van der Waals surface area contributed by atoms with E-state index in [1.54, 1.807) is 0 Å². The highest BCUT2D eigenvalue weighted by atomic mass is 35.5. The van der Waals surface area contributed by atoms with Crippen molar-refractivity contribution in [1.82, 2.24) is 4.98 Å². The van der Waals surface area contributed by atoms with Gasteiger partial charge in [0.25, 0.3) is 6.47 Å². The number of hydrogen-bond acceptors (Lipinski definition) is 4. The van der Waals surface area contributed by atoms with Crippen LogP contribution < -0.4 is 0 Å². The monoisotopic (exact) mass is 567 g/mol. The Balaban J connectivity index is 1.36. The summed E-state index contributed by atoms with van der Waals surface area (Å²) in [6, 6.07) is 27.3. The fourth-order valence-corrected chi connectivity index (χ4v) is 6.74. The first kappa shape index (κ1) is 28.2. The van der Waals surface area contributed by atoms with Gasteiger partial charge in [0, 0.05) is 26.8 Å². The normalized spacial score (nSPS) is 14.8. The average molecular weight is 568 g/mol. The standard InChI is InChI=1S/C35H34ClNO2S/c1-25(2)32-9-4-3-7-27(32)13-17-34(40-23-35(18-19-35)22-39-24-38)29-8-5-6-26(20-29)10-15-31-16-12-28-11-14-30(36)21-33(28)37-31/h3-12,14-16,20-21,24,34H,1,13,17-19,22-23H2,2H3/t34-/m1/s1. The number of hydrogen-bond donors (Lipinski definition) is 0. The lowest BCUT2D eigenvalue weighted by molar-refractivity contribution is -0.130. The lowest BCUT2D eigenvalue weighted by Crippen LogP contribution is -2.14. The maximum atomic E-state index is 10.8. The Labute approximate surface area is 246 Å². The molecule has 0 unspecified atom stereocenters. The number of fused-ring (bicyclic) bond motifs is 1. The zero-order valence-corrected chi connectivity index (χ0v) is 24.4. The van der Waals surface area contributed by atoms with Gasteiger partial charge in [0.2, 0.25) is 0 Å². The van der Waals surface area contributed by atoms with Crippen molar-refractivity contribution in [3.63, 3.8) is 0 Å². The molecular weight excluding hydrogens is 534 g/mol. The molecule has 0 spiro atoms. The molecule has 1 heterocycles. The largest absolute Gasteiger partial charge is 0.467 e. The van der Waals surface area contributed by atoms with Crippen LogP contribution in [0.3, 0.4) is 0 Å². The number of thioether (sulfide) groups is 1. The number of aryl methyl sites for hydroxylation is 1. The van der Waals surface area contributed by atoms with Gasteiger partial charge in [-0.15, -0.1) is 0 Å². The van der Waals surface area contributed by atoms with Crippen LogP contribution in [0, 0.1) is 5.41 Å². The van der Waals surface area contributed by atoms with E-state index in [1.165, 1.54) is 16.7 Å². The van der Waals surface area contributed by atoms with Crippen LogP contribution in [0.5, 0.6) is 0 Å². The van der Waals surface area contributed by atoms with Crippen LogP contribution >= 0.6 is 23.4 Å². The maximum Gasteiger partial charge on any atom is 0.293 e. The van der Waals surface area contributed by atoms with Gasteiger partial charge in [-0.05, 0) is 79.1 Å². The van der Waals surface area contributed by atoms with Gasteiger partial charge in [0.05, 0.1) is 17.8 Å². The van der Waals surface area contributed by atoms with Gasteiger partial charge in [-0.2, -0.15) is 11.8 Å². The molecular formula is C35H34ClNO2S. The van der Waals surface area contributed by atoms with Crippen LogP contribution in [0.1, 0.15) is 59.4 Å². The molecule has 0 amide bonds. The molecule has 0 bridgehead atoms. The van der Waals surface area contributed by atoms with Gasteiger partial charge >= 0.3 is 0 Å². The van der Waals surface area contributed by atoms with E-state index >= 15 is 0 Å². The van der Waals surface area contributed by atoms with Crippen molar-refractivity contribution in [2.75, 3.05) is 12.4 Å². The molecule has 3 aromatic carbocycles. The van der Waals surface area contributed by atoms with Crippen LogP contribution in [-0.2, 0) is 16.0 Å². The van der Waals surface area contributed by atoms with Crippen molar-refractivity contribution in [3.8, 4) is 0 Å². The second kappa shape index (κ2) is 12.9. The number of carbonyl (C=O) groups is 1. The van der Waals surface area contributed by atoms with E-state index in [0.717, 1.165) is 59.2 Å². The Hall–Kier alpha value is -3.34. The topological polar surface area (TPSA) is 39.2 Å². The lowest BCUT2D eigenvalue weighted by atomic mass is 9.96. The van der Waals surface area contributed by atoms with E-state index in [1.807, 2.05) is 36.0 Å². The summed E-state index contributed by atoms with van der Waals surface area (Å²) in [5, 5.41) is 2.08. The van der Waals surface area contributed by atoms with Crippen molar-refractivity contribution < 1.29 is 9.53 Å². The first-order valence-corrected chi connectivity index (χ1v) is 15.1. The predicted molar refractivity (Wildman–Crippen MR) is 170 cm³/mol. The Morgan fingerprint density at radius 2 is 1.90 bits per heavy atom. The molecule has 0 saturated heterocycles. The van der Waals surface area contributed by atoms with E-state index < -0.39 is 0 Å². The fourth-order valence-electron chi connectivity index (χ4n) is 5.03. The van der Waals surface area contributed by atoms with Crippen LogP contribution in [0.4, 0.5) is 0 Å². The van der Waals surface area contributed by atoms with E-state index in [2.05, 4.69) is 80.3 Å². The third kappa shape index (κ3) is 7.24. The summed E-state index contributed by atoms with van der Waals surface area (Å²) in [5.41, 5.74) is 8.04. The molecule has 0 radical (unpaired) electrons. The Kier molecular flexibility index (Phi) is 9.08. The van der Waals surface area contributed by atoms with Crippen molar-refractivity contribution in [1.29, 1.82) is 0 Å². The number of benzene rings is 3. The minimum atomic E-state index is 0.127. The molecule has 0 N–H and O–H groups in total. The third-order valence-electron chi connectivity index (χ3n) is 7.56. The second-order valence-corrected chi connectivity index (χ2v) is 12.4. The summed E-state index contributed by atoms with van der Waals surface area (Å²) in [6.07, 6.45) is 8.40. The van der Waals surface area contributed by atoms with Gasteiger partial charge < -0.3 is 4.74 Å². The Bertz CT molecular complexity index is 1540. The number of carbonyl (C=O) groups excluding carboxylic acids is 1. The molecule has 0 aliphatic heterocycles. The Morgan fingerprint density at radius 3 is 2.70 bits per heavy atom. The molecule has 1 atom stereocenters. The summed E-state index contributed by atoms with van der Waals surface area (Å²) < 4.78 is 5.17. The van der Waals surface area contributed by atoms with Crippen LogP contribution in [0.15, 0.2) is 85.4 Å². The van der Waals surface area contributed by atoms with Gasteiger partial charge in [-0.1, -0.05) is 90.5 Å².